The van der Waals surface area contributed by atoms with Crippen molar-refractivity contribution < 1.29 is 9.47 Å². The van der Waals surface area contributed by atoms with Crippen molar-refractivity contribution in [2.75, 3.05) is 25.1 Å². The maximum atomic E-state index is 12.5. The van der Waals surface area contributed by atoms with Crippen LogP contribution in [0.4, 0.5) is 5.69 Å². The third kappa shape index (κ3) is 4.46. The second kappa shape index (κ2) is 9.62. The fourth-order valence-corrected chi connectivity index (χ4v) is 4.89. The van der Waals surface area contributed by atoms with Crippen LogP contribution in [0.2, 0.25) is 5.02 Å². The average molecular weight is 494 g/mol. The van der Waals surface area contributed by atoms with E-state index in [1.807, 2.05) is 38.2 Å². The molecule has 0 N–H and O–H groups in total. The van der Waals surface area contributed by atoms with Gasteiger partial charge in [-0.3, -0.25) is 4.79 Å². The molecule has 0 saturated carbocycles. The maximum Gasteiger partial charge on any atom is 0.287 e. The summed E-state index contributed by atoms with van der Waals surface area (Å²) in [5.74, 6) is 1.40. The molecular weight excluding hydrogens is 466 g/mol. The van der Waals surface area contributed by atoms with Gasteiger partial charge in [0.1, 0.15) is 16.9 Å². The molecule has 1 aliphatic heterocycles. The highest BCUT2D eigenvalue weighted by Gasteiger charge is 2.27. The number of ether oxygens (including phenoxy) is 2. The van der Waals surface area contributed by atoms with Crippen molar-refractivity contribution in [3.63, 3.8) is 0 Å². The lowest BCUT2D eigenvalue weighted by Gasteiger charge is -2.20. The second-order valence-corrected chi connectivity index (χ2v) is 9.12. The molecule has 1 fully saturated rings. The monoisotopic (exact) mass is 493 g/mol. The van der Waals surface area contributed by atoms with Crippen LogP contribution in [-0.2, 0) is 13.6 Å². The summed E-state index contributed by atoms with van der Waals surface area (Å²) in [7, 11) is 3.72. The van der Waals surface area contributed by atoms with Crippen molar-refractivity contribution >= 4 is 28.2 Å². The molecule has 0 bridgehead atoms. The van der Waals surface area contributed by atoms with Gasteiger partial charge in [-0.05, 0) is 36.8 Å². The van der Waals surface area contributed by atoms with Gasteiger partial charge in [0, 0.05) is 61.0 Å². The Labute approximate surface area is 208 Å². The number of anilines is 1. The minimum absolute atomic E-state index is 0.0661. The van der Waals surface area contributed by atoms with Crippen LogP contribution >= 0.6 is 11.6 Å². The Kier molecular flexibility index (Phi) is 6.38. The fraction of sp³-hybridized carbons (Fsp3) is 0.346. The summed E-state index contributed by atoms with van der Waals surface area (Å²) in [6.07, 6.45) is 5.00. The first-order valence-electron chi connectivity index (χ1n) is 11.8. The van der Waals surface area contributed by atoms with Gasteiger partial charge in [-0.25, -0.2) is 9.67 Å². The molecule has 0 radical (unpaired) electrons. The number of hydrogen-bond donors (Lipinski definition) is 0. The number of fused-ring (bicyclic) bond motifs is 1. The summed E-state index contributed by atoms with van der Waals surface area (Å²) in [4.78, 5) is 19.0. The number of aryl methyl sites for hydroxylation is 2. The maximum absolute atomic E-state index is 12.5. The van der Waals surface area contributed by atoms with E-state index < -0.39 is 0 Å². The van der Waals surface area contributed by atoms with Crippen molar-refractivity contribution in [1.82, 2.24) is 19.3 Å². The molecule has 1 aliphatic rings. The predicted molar refractivity (Wildman–Crippen MR) is 138 cm³/mol. The zero-order chi connectivity index (χ0) is 24.5. The van der Waals surface area contributed by atoms with Gasteiger partial charge in [0.2, 0.25) is 5.88 Å². The molecule has 182 valence electrons. The standard InChI is InChI=1S/C26H28ClN5O3/c1-4-10-32-26(33)25(27)23(15-29-32)31-11-8-20(16-31)35-24-14-17(7-9-28-24)22-13-18-12-19(34-3)5-6-21(18)30(22)2/h5-7,9,12-15,20H,4,8,10-11,16H2,1-3H3/t20-/m1/s1. The highest BCUT2D eigenvalue weighted by atomic mass is 35.5. The van der Waals surface area contributed by atoms with Crippen molar-refractivity contribution in [3.8, 4) is 22.9 Å². The lowest BCUT2D eigenvalue weighted by Crippen LogP contribution is -2.29. The summed E-state index contributed by atoms with van der Waals surface area (Å²) in [5, 5.41) is 5.60. The third-order valence-electron chi connectivity index (χ3n) is 6.46. The lowest BCUT2D eigenvalue weighted by atomic mass is 10.2. The number of methoxy groups -OCH3 is 1. The zero-order valence-electron chi connectivity index (χ0n) is 20.1. The van der Waals surface area contributed by atoms with Crippen LogP contribution < -0.4 is 19.9 Å². The Morgan fingerprint density at radius 3 is 2.86 bits per heavy atom. The summed E-state index contributed by atoms with van der Waals surface area (Å²) in [5.41, 5.74) is 3.62. The summed E-state index contributed by atoms with van der Waals surface area (Å²) >= 11 is 6.40. The normalized spacial score (nSPS) is 15.7. The molecule has 1 atom stereocenters. The molecule has 4 heterocycles. The summed E-state index contributed by atoms with van der Waals surface area (Å²) in [6, 6.07) is 12.1. The van der Waals surface area contributed by atoms with E-state index in [2.05, 4.69) is 31.7 Å². The van der Waals surface area contributed by atoms with Crippen LogP contribution in [0.15, 0.2) is 53.6 Å². The van der Waals surface area contributed by atoms with E-state index in [0.29, 0.717) is 24.7 Å². The smallest absolute Gasteiger partial charge is 0.287 e. The van der Waals surface area contributed by atoms with Crippen LogP contribution in [0.25, 0.3) is 22.2 Å². The first kappa shape index (κ1) is 23.2. The van der Waals surface area contributed by atoms with Crippen molar-refractivity contribution in [1.29, 1.82) is 0 Å². The fourth-order valence-electron chi connectivity index (χ4n) is 4.63. The summed E-state index contributed by atoms with van der Waals surface area (Å²) in [6.45, 7) is 3.89. The van der Waals surface area contributed by atoms with Crippen LogP contribution in [-0.4, -0.2) is 45.6 Å². The van der Waals surface area contributed by atoms with E-state index in [9.17, 15) is 4.79 Å². The SMILES string of the molecule is CCCn1ncc(N2CC[C@@H](Oc3cc(-c4cc5cc(OC)ccc5n4C)ccn3)C2)c(Cl)c1=O. The highest BCUT2D eigenvalue weighted by Crippen LogP contribution is 2.32. The molecule has 1 saturated heterocycles. The number of aromatic nitrogens is 4. The number of hydrogen-bond acceptors (Lipinski definition) is 6. The second-order valence-electron chi connectivity index (χ2n) is 8.74. The van der Waals surface area contributed by atoms with E-state index in [0.717, 1.165) is 47.3 Å². The van der Waals surface area contributed by atoms with Gasteiger partial charge in [0.05, 0.1) is 25.5 Å². The largest absolute Gasteiger partial charge is 0.497 e. The minimum Gasteiger partial charge on any atom is -0.497 e. The van der Waals surface area contributed by atoms with E-state index in [1.54, 1.807) is 19.5 Å². The Balaban J connectivity index is 1.33. The molecular formula is C26H28ClN5O3. The van der Waals surface area contributed by atoms with Crippen LogP contribution in [0.1, 0.15) is 19.8 Å². The molecule has 1 aromatic carbocycles. The topological polar surface area (TPSA) is 74.4 Å². The minimum atomic E-state index is -0.252. The van der Waals surface area contributed by atoms with Crippen molar-refractivity contribution in [2.24, 2.45) is 7.05 Å². The number of rotatable bonds is 7. The van der Waals surface area contributed by atoms with Gasteiger partial charge in [0.15, 0.2) is 0 Å². The zero-order valence-corrected chi connectivity index (χ0v) is 20.8. The van der Waals surface area contributed by atoms with E-state index >= 15 is 0 Å². The van der Waals surface area contributed by atoms with E-state index in [1.165, 1.54) is 4.68 Å². The van der Waals surface area contributed by atoms with Gasteiger partial charge < -0.3 is 18.9 Å². The molecule has 0 unspecified atom stereocenters. The predicted octanol–water partition coefficient (Wildman–Crippen LogP) is 4.53. The highest BCUT2D eigenvalue weighted by molar-refractivity contribution is 6.33. The van der Waals surface area contributed by atoms with Crippen LogP contribution in [0, 0.1) is 0 Å². The number of halogens is 1. The van der Waals surface area contributed by atoms with Crippen molar-refractivity contribution in [3.05, 3.63) is 64.2 Å². The average Bonchev–Trinajstić information content (AvgIpc) is 3.46. The molecule has 4 aromatic rings. The van der Waals surface area contributed by atoms with Gasteiger partial charge in [-0.2, -0.15) is 5.10 Å². The Bertz CT molecular complexity index is 1430. The van der Waals surface area contributed by atoms with Gasteiger partial charge in [-0.1, -0.05) is 18.5 Å². The van der Waals surface area contributed by atoms with Crippen molar-refractivity contribution in [2.45, 2.75) is 32.4 Å². The molecule has 3 aromatic heterocycles. The molecule has 0 amide bonds. The number of benzene rings is 1. The summed E-state index contributed by atoms with van der Waals surface area (Å²) < 4.78 is 15.2. The van der Waals surface area contributed by atoms with Gasteiger partial charge in [-0.15, -0.1) is 0 Å². The lowest BCUT2D eigenvalue weighted by molar-refractivity contribution is 0.216. The van der Waals surface area contributed by atoms with Crippen LogP contribution in [0.5, 0.6) is 11.6 Å². The Morgan fingerprint density at radius 2 is 2.06 bits per heavy atom. The first-order valence-corrected chi connectivity index (χ1v) is 12.1. The molecule has 0 spiro atoms. The van der Waals surface area contributed by atoms with Gasteiger partial charge >= 0.3 is 0 Å². The molecule has 0 aliphatic carbocycles. The van der Waals surface area contributed by atoms with E-state index in [4.69, 9.17) is 21.1 Å². The molecule has 35 heavy (non-hydrogen) atoms. The van der Waals surface area contributed by atoms with Crippen LogP contribution in [0.3, 0.4) is 0 Å². The number of pyridine rings is 1. The number of nitrogens with zero attached hydrogens (tertiary/aromatic N) is 5. The molecule has 8 nitrogen and oxygen atoms in total. The molecule has 5 rings (SSSR count). The third-order valence-corrected chi connectivity index (χ3v) is 6.81. The quantitative estimate of drug-likeness (QED) is 0.376. The molecule has 9 heteroatoms. The first-order chi connectivity index (χ1) is 17.0. The Morgan fingerprint density at radius 1 is 1.20 bits per heavy atom. The Hall–Kier alpha value is -3.52. The van der Waals surface area contributed by atoms with E-state index in [-0.39, 0.29) is 16.7 Å². The van der Waals surface area contributed by atoms with Gasteiger partial charge in [0.25, 0.3) is 5.56 Å².